The summed E-state index contributed by atoms with van der Waals surface area (Å²) in [6.45, 7) is 0. The maximum atomic E-state index is 12.3. The van der Waals surface area contributed by atoms with Crippen LogP contribution in [0, 0.1) is 0 Å². The minimum absolute atomic E-state index is 0.294. The average Bonchev–Trinajstić information content (AvgIpc) is 2.74. The summed E-state index contributed by atoms with van der Waals surface area (Å²) >= 11 is 0. The highest BCUT2D eigenvalue weighted by Gasteiger charge is 2.08. The molecule has 142 valence electrons. The lowest BCUT2D eigenvalue weighted by molar-refractivity contribution is 0.0600. The molecule has 0 radical (unpaired) electrons. The zero-order chi connectivity index (χ0) is 19.9. The van der Waals surface area contributed by atoms with Crippen LogP contribution in [0.2, 0.25) is 0 Å². The number of pyridine rings is 1. The number of nitrogens with zero attached hydrogens (tertiary/aromatic N) is 1. The Labute approximate surface area is 162 Å². The van der Waals surface area contributed by atoms with Crippen molar-refractivity contribution in [2.45, 2.75) is 0 Å². The van der Waals surface area contributed by atoms with Gasteiger partial charge in [-0.3, -0.25) is 4.79 Å². The minimum atomic E-state index is -0.388. The summed E-state index contributed by atoms with van der Waals surface area (Å²) in [6.07, 6.45) is 1.57. The molecule has 7 heteroatoms. The fourth-order valence-corrected chi connectivity index (χ4v) is 2.45. The Morgan fingerprint density at radius 3 is 2.04 bits per heavy atom. The molecule has 2 aromatic carbocycles. The largest absolute Gasteiger partial charge is 0.497 e. The zero-order valence-corrected chi connectivity index (χ0v) is 15.4. The first-order chi connectivity index (χ1) is 13.6. The number of methoxy groups -OCH3 is 2. The van der Waals surface area contributed by atoms with Crippen molar-refractivity contribution in [2.75, 3.05) is 24.9 Å². The zero-order valence-electron chi connectivity index (χ0n) is 15.4. The molecule has 7 nitrogen and oxygen atoms in total. The van der Waals surface area contributed by atoms with Gasteiger partial charge in [0.2, 0.25) is 0 Å². The number of carbonyl (C=O) groups is 2. The molecule has 1 amide bonds. The average molecular weight is 377 g/mol. The maximum Gasteiger partial charge on any atom is 0.337 e. The maximum absolute atomic E-state index is 12.3. The number of anilines is 3. The Hall–Kier alpha value is -3.87. The molecule has 3 aromatic rings. The van der Waals surface area contributed by atoms with Crippen molar-refractivity contribution in [3.63, 3.8) is 0 Å². The summed E-state index contributed by atoms with van der Waals surface area (Å²) in [4.78, 5) is 27.9. The van der Waals surface area contributed by atoms with Gasteiger partial charge in [-0.25, -0.2) is 9.78 Å². The van der Waals surface area contributed by atoms with E-state index < -0.39 is 0 Å². The number of hydrogen-bond donors (Lipinski definition) is 2. The van der Waals surface area contributed by atoms with Gasteiger partial charge in [-0.05, 0) is 60.7 Å². The molecule has 2 N–H and O–H groups in total. The molecular weight excluding hydrogens is 358 g/mol. The van der Waals surface area contributed by atoms with E-state index in [0.29, 0.717) is 28.4 Å². The van der Waals surface area contributed by atoms with E-state index in [4.69, 9.17) is 4.74 Å². The highest BCUT2D eigenvalue weighted by molar-refractivity contribution is 6.03. The molecule has 1 heterocycles. The quantitative estimate of drug-likeness (QED) is 0.634. The van der Waals surface area contributed by atoms with E-state index in [-0.39, 0.29) is 11.9 Å². The van der Waals surface area contributed by atoms with E-state index >= 15 is 0 Å². The minimum Gasteiger partial charge on any atom is -0.497 e. The lowest BCUT2D eigenvalue weighted by Gasteiger charge is -2.08. The van der Waals surface area contributed by atoms with Crippen LogP contribution in [0.3, 0.4) is 0 Å². The molecule has 0 bridgehead atoms. The Bertz CT molecular complexity index is 952. The standard InChI is InChI=1S/C21H19N3O4/c1-27-18-10-7-16(8-11-18)24-20(25)19-12-9-17(13-22-19)23-15-5-3-14(4-6-15)21(26)28-2/h3-13,23H,1-2H3,(H,24,25). The first kappa shape index (κ1) is 18.9. The molecule has 0 aliphatic rings. The van der Waals surface area contributed by atoms with Gasteiger partial charge in [0.25, 0.3) is 5.91 Å². The highest BCUT2D eigenvalue weighted by Crippen LogP contribution is 2.18. The first-order valence-electron chi connectivity index (χ1n) is 8.46. The van der Waals surface area contributed by atoms with Gasteiger partial charge in [0.15, 0.2) is 0 Å². The van der Waals surface area contributed by atoms with Crippen molar-refractivity contribution in [3.05, 3.63) is 78.1 Å². The summed E-state index contributed by atoms with van der Waals surface area (Å²) in [5.74, 6) is 0.0192. The van der Waals surface area contributed by atoms with E-state index in [2.05, 4.69) is 20.4 Å². The molecule has 0 saturated carbocycles. The van der Waals surface area contributed by atoms with Gasteiger partial charge in [-0.15, -0.1) is 0 Å². The number of amides is 1. The molecule has 3 rings (SSSR count). The predicted molar refractivity (Wildman–Crippen MR) is 106 cm³/mol. The monoisotopic (exact) mass is 377 g/mol. The third-order valence-corrected chi connectivity index (χ3v) is 3.94. The van der Waals surface area contributed by atoms with Crippen molar-refractivity contribution >= 4 is 28.9 Å². The Balaban J connectivity index is 1.62. The van der Waals surface area contributed by atoms with Crippen LogP contribution >= 0.6 is 0 Å². The Kier molecular flexibility index (Phi) is 5.86. The number of ether oxygens (including phenoxy) is 2. The second kappa shape index (κ2) is 8.68. The molecular formula is C21H19N3O4. The van der Waals surface area contributed by atoms with E-state index in [1.54, 1.807) is 74.0 Å². The molecule has 0 saturated heterocycles. The Morgan fingerprint density at radius 2 is 1.46 bits per heavy atom. The van der Waals surface area contributed by atoms with Gasteiger partial charge in [0.05, 0.1) is 31.7 Å². The van der Waals surface area contributed by atoms with Crippen molar-refractivity contribution in [3.8, 4) is 5.75 Å². The molecule has 0 unspecified atom stereocenters. The van der Waals surface area contributed by atoms with Crippen LogP contribution in [0.5, 0.6) is 5.75 Å². The van der Waals surface area contributed by atoms with Crippen LogP contribution in [-0.2, 0) is 4.74 Å². The van der Waals surface area contributed by atoms with Crippen LogP contribution < -0.4 is 15.4 Å². The normalized spacial score (nSPS) is 10.1. The van der Waals surface area contributed by atoms with Gasteiger partial charge in [-0.2, -0.15) is 0 Å². The molecule has 0 spiro atoms. The first-order valence-corrected chi connectivity index (χ1v) is 8.46. The van der Waals surface area contributed by atoms with Crippen LogP contribution in [0.4, 0.5) is 17.1 Å². The SMILES string of the molecule is COC(=O)c1ccc(Nc2ccc(C(=O)Nc3ccc(OC)cc3)nc2)cc1. The van der Waals surface area contributed by atoms with Crippen LogP contribution in [-0.4, -0.2) is 31.1 Å². The van der Waals surface area contributed by atoms with Gasteiger partial charge < -0.3 is 20.1 Å². The fourth-order valence-electron chi connectivity index (χ4n) is 2.45. The van der Waals surface area contributed by atoms with E-state index in [0.717, 1.165) is 5.69 Å². The molecule has 0 atom stereocenters. The number of hydrogen-bond acceptors (Lipinski definition) is 6. The van der Waals surface area contributed by atoms with Crippen molar-refractivity contribution < 1.29 is 19.1 Å². The van der Waals surface area contributed by atoms with Crippen LogP contribution in [0.25, 0.3) is 0 Å². The third kappa shape index (κ3) is 4.64. The van der Waals surface area contributed by atoms with Gasteiger partial charge >= 0.3 is 5.97 Å². The van der Waals surface area contributed by atoms with E-state index in [9.17, 15) is 9.59 Å². The number of rotatable bonds is 6. The summed E-state index contributed by atoms with van der Waals surface area (Å²) in [7, 11) is 2.92. The summed E-state index contributed by atoms with van der Waals surface area (Å²) in [5, 5.41) is 5.94. The molecule has 1 aromatic heterocycles. The topological polar surface area (TPSA) is 89.5 Å². The van der Waals surface area contributed by atoms with Gasteiger partial charge in [0.1, 0.15) is 11.4 Å². The summed E-state index contributed by atoms with van der Waals surface area (Å²) in [5.41, 5.74) is 2.91. The Morgan fingerprint density at radius 1 is 0.821 bits per heavy atom. The smallest absolute Gasteiger partial charge is 0.337 e. The number of carbonyl (C=O) groups excluding carboxylic acids is 2. The number of esters is 1. The lowest BCUT2D eigenvalue weighted by atomic mass is 10.2. The lowest BCUT2D eigenvalue weighted by Crippen LogP contribution is -2.13. The highest BCUT2D eigenvalue weighted by atomic mass is 16.5. The van der Waals surface area contributed by atoms with Crippen molar-refractivity contribution in [1.82, 2.24) is 4.98 Å². The van der Waals surface area contributed by atoms with Crippen molar-refractivity contribution in [2.24, 2.45) is 0 Å². The number of nitrogens with one attached hydrogen (secondary N) is 2. The second-order valence-corrected chi connectivity index (χ2v) is 5.81. The molecule has 0 aliphatic carbocycles. The van der Waals surface area contributed by atoms with E-state index in [1.807, 2.05) is 0 Å². The fraction of sp³-hybridized carbons (Fsp3) is 0.0952. The molecule has 28 heavy (non-hydrogen) atoms. The van der Waals surface area contributed by atoms with Gasteiger partial charge in [-0.1, -0.05) is 0 Å². The van der Waals surface area contributed by atoms with Crippen LogP contribution in [0.1, 0.15) is 20.8 Å². The molecule has 0 aliphatic heterocycles. The molecule has 0 fully saturated rings. The van der Waals surface area contributed by atoms with Gasteiger partial charge in [0, 0.05) is 11.4 Å². The predicted octanol–water partition coefficient (Wildman–Crippen LogP) is 3.87. The number of benzene rings is 2. The summed E-state index contributed by atoms with van der Waals surface area (Å²) < 4.78 is 9.76. The second-order valence-electron chi connectivity index (χ2n) is 5.81. The third-order valence-electron chi connectivity index (χ3n) is 3.94. The summed E-state index contributed by atoms with van der Waals surface area (Å²) in [6, 6.07) is 17.3. The van der Waals surface area contributed by atoms with E-state index in [1.165, 1.54) is 7.11 Å². The van der Waals surface area contributed by atoms with Crippen molar-refractivity contribution in [1.29, 1.82) is 0 Å². The number of aromatic nitrogens is 1. The van der Waals surface area contributed by atoms with Crippen LogP contribution in [0.15, 0.2) is 66.9 Å².